The Kier molecular flexibility index (Phi) is 5.88. The van der Waals surface area contributed by atoms with Crippen LogP contribution in [0.15, 0.2) is 36.7 Å². The predicted octanol–water partition coefficient (Wildman–Crippen LogP) is 2.95. The lowest BCUT2D eigenvalue weighted by atomic mass is 9.97. The second-order valence-corrected chi connectivity index (χ2v) is 6.71. The third-order valence-electron chi connectivity index (χ3n) is 4.45. The molecule has 5 nitrogen and oxygen atoms in total. The molecule has 0 bridgehead atoms. The summed E-state index contributed by atoms with van der Waals surface area (Å²) in [6, 6.07) is 7.57. The Labute approximate surface area is 147 Å². The van der Waals surface area contributed by atoms with E-state index in [0.717, 1.165) is 43.9 Å². The average Bonchev–Trinajstić information content (AvgIpc) is 3.13. The van der Waals surface area contributed by atoms with E-state index < -0.39 is 0 Å². The number of imidazole rings is 1. The van der Waals surface area contributed by atoms with Crippen LogP contribution < -0.4 is 5.32 Å². The SMILES string of the molecule is O=C(CCN1CCC[C@@H](c2ncc[nH]2)C1)NCc1cccc(Cl)c1. The summed E-state index contributed by atoms with van der Waals surface area (Å²) in [4.78, 5) is 22.0. The van der Waals surface area contributed by atoms with Gasteiger partial charge in [0.15, 0.2) is 0 Å². The fourth-order valence-corrected chi connectivity index (χ4v) is 3.39. The standard InChI is InChI=1S/C18H23ClN4O/c19-16-5-1-3-14(11-16)12-22-17(24)6-10-23-9-2-4-15(13-23)18-20-7-8-21-18/h1,3,5,7-8,11,15H,2,4,6,9-10,12-13H2,(H,20,21)(H,22,24)/t15-/m1/s1. The minimum Gasteiger partial charge on any atom is -0.352 e. The Morgan fingerprint density at radius 1 is 1.46 bits per heavy atom. The third-order valence-corrected chi connectivity index (χ3v) is 4.68. The van der Waals surface area contributed by atoms with Gasteiger partial charge in [-0.25, -0.2) is 4.98 Å². The molecule has 0 radical (unpaired) electrons. The van der Waals surface area contributed by atoms with Crippen LogP contribution in [-0.4, -0.2) is 40.4 Å². The van der Waals surface area contributed by atoms with Gasteiger partial charge >= 0.3 is 0 Å². The number of nitrogens with one attached hydrogen (secondary N) is 2. The van der Waals surface area contributed by atoms with Gasteiger partial charge in [-0.2, -0.15) is 0 Å². The molecule has 2 aromatic rings. The Morgan fingerprint density at radius 3 is 3.17 bits per heavy atom. The van der Waals surface area contributed by atoms with E-state index in [-0.39, 0.29) is 5.91 Å². The number of carbonyl (C=O) groups is 1. The molecule has 1 aliphatic rings. The maximum atomic E-state index is 12.1. The second-order valence-electron chi connectivity index (χ2n) is 6.27. The van der Waals surface area contributed by atoms with Crippen molar-refractivity contribution in [1.82, 2.24) is 20.2 Å². The summed E-state index contributed by atoms with van der Waals surface area (Å²) in [5.74, 6) is 1.59. The number of aromatic amines is 1. The van der Waals surface area contributed by atoms with E-state index in [0.29, 0.717) is 23.9 Å². The van der Waals surface area contributed by atoms with E-state index in [4.69, 9.17) is 11.6 Å². The number of H-pyrrole nitrogens is 1. The molecule has 0 spiro atoms. The van der Waals surface area contributed by atoms with Gasteiger partial charge in [0.1, 0.15) is 5.82 Å². The molecule has 1 saturated heterocycles. The van der Waals surface area contributed by atoms with Crippen molar-refractivity contribution in [2.45, 2.75) is 31.7 Å². The van der Waals surface area contributed by atoms with Crippen LogP contribution in [0.1, 0.15) is 36.6 Å². The van der Waals surface area contributed by atoms with Crippen molar-refractivity contribution in [2.75, 3.05) is 19.6 Å². The molecule has 1 aromatic heterocycles. The lowest BCUT2D eigenvalue weighted by molar-refractivity contribution is -0.121. The number of likely N-dealkylation sites (tertiary alicyclic amines) is 1. The summed E-state index contributed by atoms with van der Waals surface area (Å²) < 4.78 is 0. The molecule has 2 heterocycles. The van der Waals surface area contributed by atoms with Gasteiger partial charge in [0.25, 0.3) is 0 Å². The van der Waals surface area contributed by atoms with Crippen LogP contribution in [0.3, 0.4) is 0 Å². The number of hydrogen-bond acceptors (Lipinski definition) is 3. The van der Waals surface area contributed by atoms with Crippen LogP contribution in [0.25, 0.3) is 0 Å². The lowest BCUT2D eigenvalue weighted by Crippen LogP contribution is -2.37. The summed E-state index contributed by atoms with van der Waals surface area (Å²) in [5.41, 5.74) is 1.02. The molecule has 0 aliphatic carbocycles. The molecule has 24 heavy (non-hydrogen) atoms. The summed E-state index contributed by atoms with van der Waals surface area (Å²) in [6.07, 6.45) is 6.50. The third kappa shape index (κ3) is 4.82. The van der Waals surface area contributed by atoms with Crippen molar-refractivity contribution in [3.8, 4) is 0 Å². The number of halogens is 1. The van der Waals surface area contributed by atoms with Crippen LogP contribution in [0.2, 0.25) is 5.02 Å². The Balaban J connectivity index is 1.41. The molecule has 1 aromatic carbocycles. The largest absolute Gasteiger partial charge is 0.352 e. The van der Waals surface area contributed by atoms with Gasteiger partial charge in [-0.1, -0.05) is 23.7 Å². The van der Waals surface area contributed by atoms with Crippen molar-refractivity contribution in [1.29, 1.82) is 0 Å². The molecule has 0 unspecified atom stereocenters. The van der Waals surface area contributed by atoms with E-state index in [1.54, 1.807) is 6.20 Å². The topological polar surface area (TPSA) is 61.0 Å². The Hall–Kier alpha value is -1.85. The zero-order valence-corrected chi connectivity index (χ0v) is 14.4. The lowest BCUT2D eigenvalue weighted by Gasteiger charge is -2.31. The van der Waals surface area contributed by atoms with Crippen molar-refractivity contribution >= 4 is 17.5 Å². The minimum atomic E-state index is 0.0788. The minimum absolute atomic E-state index is 0.0788. The maximum absolute atomic E-state index is 12.1. The van der Waals surface area contributed by atoms with E-state index in [9.17, 15) is 4.79 Å². The number of piperidine rings is 1. The van der Waals surface area contributed by atoms with Gasteiger partial charge in [-0.05, 0) is 37.1 Å². The first-order valence-corrected chi connectivity index (χ1v) is 8.81. The summed E-state index contributed by atoms with van der Waals surface area (Å²) >= 11 is 5.95. The predicted molar refractivity (Wildman–Crippen MR) is 94.9 cm³/mol. The van der Waals surface area contributed by atoms with E-state index in [1.165, 1.54) is 0 Å². The van der Waals surface area contributed by atoms with Crippen LogP contribution in [-0.2, 0) is 11.3 Å². The normalized spacial score (nSPS) is 18.5. The zero-order valence-electron chi connectivity index (χ0n) is 13.7. The van der Waals surface area contributed by atoms with Crippen molar-refractivity contribution < 1.29 is 4.79 Å². The molecule has 128 valence electrons. The summed E-state index contributed by atoms with van der Waals surface area (Å²) in [6.45, 7) is 3.33. The molecular weight excluding hydrogens is 324 g/mol. The number of nitrogens with zero attached hydrogens (tertiary/aromatic N) is 2. The number of carbonyl (C=O) groups excluding carboxylic acids is 1. The van der Waals surface area contributed by atoms with E-state index in [2.05, 4.69) is 20.2 Å². The van der Waals surface area contributed by atoms with Crippen molar-refractivity contribution in [3.05, 3.63) is 53.1 Å². The molecule has 2 N–H and O–H groups in total. The summed E-state index contributed by atoms with van der Waals surface area (Å²) in [7, 11) is 0. The Bertz CT molecular complexity index is 659. The maximum Gasteiger partial charge on any atom is 0.221 e. The van der Waals surface area contributed by atoms with Crippen LogP contribution in [0.4, 0.5) is 0 Å². The fourth-order valence-electron chi connectivity index (χ4n) is 3.18. The number of benzene rings is 1. The van der Waals surface area contributed by atoms with Gasteiger partial charge < -0.3 is 15.2 Å². The number of aromatic nitrogens is 2. The second kappa shape index (κ2) is 8.31. The van der Waals surface area contributed by atoms with E-state index >= 15 is 0 Å². The number of rotatable bonds is 6. The number of hydrogen-bond donors (Lipinski definition) is 2. The van der Waals surface area contributed by atoms with E-state index in [1.807, 2.05) is 30.5 Å². The monoisotopic (exact) mass is 346 g/mol. The highest BCUT2D eigenvalue weighted by Gasteiger charge is 2.23. The fraction of sp³-hybridized carbons (Fsp3) is 0.444. The highest BCUT2D eigenvalue weighted by atomic mass is 35.5. The molecule has 1 atom stereocenters. The van der Waals surface area contributed by atoms with Gasteiger partial charge in [-0.15, -0.1) is 0 Å². The molecule has 1 fully saturated rings. The molecule has 1 amide bonds. The molecular formula is C18H23ClN4O. The first kappa shape index (κ1) is 17.0. The highest BCUT2D eigenvalue weighted by Crippen LogP contribution is 2.24. The quantitative estimate of drug-likeness (QED) is 0.845. The molecule has 3 rings (SSSR count). The zero-order chi connectivity index (χ0) is 16.8. The van der Waals surface area contributed by atoms with Gasteiger partial charge in [0.05, 0.1) is 0 Å². The smallest absolute Gasteiger partial charge is 0.221 e. The van der Waals surface area contributed by atoms with Crippen molar-refractivity contribution in [3.63, 3.8) is 0 Å². The van der Waals surface area contributed by atoms with Gasteiger partial charge in [0, 0.05) is 49.4 Å². The number of amides is 1. The first-order chi connectivity index (χ1) is 11.7. The molecule has 6 heteroatoms. The van der Waals surface area contributed by atoms with Crippen molar-refractivity contribution in [2.24, 2.45) is 0 Å². The molecule has 1 aliphatic heterocycles. The molecule has 0 saturated carbocycles. The van der Waals surface area contributed by atoms with Crippen LogP contribution >= 0.6 is 11.6 Å². The Morgan fingerprint density at radius 2 is 2.38 bits per heavy atom. The van der Waals surface area contributed by atoms with Crippen LogP contribution in [0, 0.1) is 0 Å². The highest BCUT2D eigenvalue weighted by molar-refractivity contribution is 6.30. The summed E-state index contributed by atoms with van der Waals surface area (Å²) in [5, 5.41) is 3.66. The van der Waals surface area contributed by atoms with Crippen LogP contribution in [0.5, 0.6) is 0 Å². The van der Waals surface area contributed by atoms with Gasteiger partial charge in [0.2, 0.25) is 5.91 Å². The van der Waals surface area contributed by atoms with Gasteiger partial charge in [-0.3, -0.25) is 4.79 Å². The first-order valence-electron chi connectivity index (χ1n) is 8.43. The average molecular weight is 347 g/mol.